The fourth-order valence-electron chi connectivity index (χ4n) is 0.870. The van der Waals surface area contributed by atoms with E-state index >= 15 is 0 Å². The van der Waals surface area contributed by atoms with Gasteiger partial charge in [0.05, 0.1) is 5.75 Å². The Hall–Kier alpha value is -0.860. The van der Waals surface area contributed by atoms with Crippen molar-refractivity contribution in [2.45, 2.75) is 10.9 Å². The molecule has 0 fully saturated rings. The molecule has 0 radical (unpaired) electrons. The van der Waals surface area contributed by atoms with Crippen LogP contribution in [0.3, 0.4) is 0 Å². The molecule has 0 spiro atoms. The molecule has 0 amide bonds. The topological polar surface area (TPSA) is 82.5 Å². The lowest BCUT2D eigenvalue weighted by Gasteiger charge is -1.97. The molecule has 0 unspecified atom stereocenters. The van der Waals surface area contributed by atoms with Crippen molar-refractivity contribution >= 4 is 40.6 Å². The van der Waals surface area contributed by atoms with Gasteiger partial charge in [0.15, 0.2) is 5.16 Å². The van der Waals surface area contributed by atoms with Gasteiger partial charge in [-0.05, 0) is 11.6 Å². The number of rotatable bonds is 3. The molecule has 0 atom stereocenters. The Bertz CT molecular complexity index is 466. The average Bonchev–Trinajstić information content (AvgIpc) is 2.74. The van der Waals surface area contributed by atoms with Gasteiger partial charge in [-0.2, -0.15) is 0 Å². The Morgan fingerprint density at radius 3 is 2.73 bits per heavy atom. The van der Waals surface area contributed by atoms with Crippen LogP contribution in [0.25, 0.3) is 0 Å². The molecule has 15 heavy (non-hydrogen) atoms. The van der Waals surface area contributed by atoms with Crippen molar-refractivity contribution in [3.63, 3.8) is 0 Å². The summed E-state index contributed by atoms with van der Waals surface area (Å²) in [6.07, 6.45) is 0. The predicted molar refractivity (Wildman–Crippen MR) is 59.9 cm³/mol. The van der Waals surface area contributed by atoms with Crippen LogP contribution in [-0.4, -0.2) is 25.0 Å². The van der Waals surface area contributed by atoms with Crippen molar-refractivity contribution in [3.8, 4) is 0 Å². The zero-order chi connectivity index (χ0) is 10.8. The second kappa shape index (κ2) is 4.33. The first-order valence-corrected chi connectivity index (χ1v) is 6.10. The average molecular weight is 263 g/mol. The van der Waals surface area contributed by atoms with Crippen LogP contribution in [-0.2, 0) is 12.8 Å². The van der Waals surface area contributed by atoms with Crippen LogP contribution in [0.4, 0.5) is 5.95 Å². The van der Waals surface area contributed by atoms with E-state index in [4.69, 9.17) is 17.3 Å². The van der Waals surface area contributed by atoms with Crippen molar-refractivity contribution in [1.82, 2.24) is 25.0 Å². The second-order valence-electron chi connectivity index (χ2n) is 2.64. The van der Waals surface area contributed by atoms with Crippen LogP contribution in [0.5, 0.6) is 0 Å². The van der Waals surface area contributed by atoms with Crippen molar-refractivity contribution < 1.29 is 0 Å². The first-order valence-electron chi connectivity index (χ1n) is 3.92. The summed E-state index contributed by atoms with van der Waals surface area (Å²) in [6, 6.07) is 0. The maximum absolute atomic E-state index is 5.66. The summed E-state index contributed by atoms with van der Waals surface area (Å²) in [4.78, 5) is 0. The van der Waals surface area contributed by atoms with Gasteiger partial charge in [-0.25, -0.2) is 0 Å². The number of halogens is 1. The summed E-state index contributed by atoms with van der Waals surface area (Å²) in [5.74, 6) is 1.06. The highest BCUT2D eigenvalue weighted by Crippen LogP contribution is 2.24. The van der Waals surface area contributed by atoms with Gasteiger partial charge in [0.2, 0.25) is 10.4 Å². The Morgan fingerprint density at radius 2 is 2.20 bits per heavy atom. The Kier molecular flexibility index (Phi) is 3.08. The lowest BCUT2D eigenvalue weighted by molar-refractivity contribution is 0.795. The molecule has 0 aromatic carbocycles. The Labute approximate surface area is 98.9 Å². The smallest absolute Gasteiger partial charge is 0.222 e. The van der Waals surface area contributed by atoms with E-state index in [1.807, 2.05) is 7.05 Å². The lowest BCUT2D eigenvalue weighted by atomic mass is 10.9. The maximum Gasteiger partial charge on any atom is 0.222 e. The molecule has 2 aromatic rings. The third-order valence-corrected chi connectivity index (χ3v) is 3.87. The molecule has 2 heterocycles. The van der Waals surface area contributed by atoms with Crippen molar-refractivity contribution in [2.24, 2.45) is 7.05 Å². The van der Waals surface area contributed by atoms with Gasteiger partial charge in [0.25, 0.3) is 0 Å². The number of aromatic nitrogens is 5. The molecular weight excluding hydrogens is 256 g/mol. The van der Waals surface area contributed by atoms with E-state index in [0.717, 1.165) is 10.2 Å². The minimum atomic E-state index is 0.396. The van der Waals surface area contributed by atoms with Crippen molar-refractivity contribution in [1.29, 1.82) is 0 Å². The van der Waals surface area contributed by atoms with E-state index in [2.05, 4.69) is 20.4 Å². The van der Waals surface area contributed by atoms with Gasteiger partial charge < -0.3 is 5.73 Å². The number of thioether (sulfide) groups is 1. The monoisotopic (exact) mass is 262 g/mol. The van der Waals surface area contributed by atoms with Gasteiger partial charge in [0, 0.05) is 7.05 Å². The van der Waals surface area contributed by atoms with Crippen LogP contribution >= 0.6 is 34.7 Å². The van der Waals surface area contributed by atoms with Crippen LogP contribution < -0.4 is 5.73 Å². The summed E-state index contributed by atoms with van der Waals surface area (Å²) >= 11 is 8.51. The van der Waals surface area contributed by atoms with Gasteiger partial charge >= 0.3 is 0 Å². The number of hydrogen-bond acceptors (Lipinski definition) is 7. The molecule has 0 aliphatic heterocycles. The fourth-order valence-corrected chi connectivity index (χ4v) is 2.64. The van der Waals surface area contributed by atoms with Gasteiger partial charge in [0.1, 0.15) is 5.01 Å². The van der Waals surface area contributed by atoms with E-state index in [9.17, 15) is 0 Å². The zero-order valence-corrected chi connectivity index (χ0v) is 10.1. The minimum absolute atomic E-state index is 0.396. The fraction of sp³-hybridized carbons (Fsp3) is 0.333. The quantitative estimate of drug-likeness (QED) is 0.837. The number of nitrogens with two attached hydrogens (primary N) is 1. The summed E-state index contributed by atoms with van der Waals surface area (Å²) in [5, 5.41) is 16.9. The highest BCUT2D eigenvalue weighted by Gasteiger charge is 2.08. The number of nitrogen functional groups attached to an aromatic ring is 1. The number of hydrogen-bond donors (Lipinski definition) is 1. The highest BCUT2D eigenvalue weighted by molar-refractivity contribution is 7.98. The molecule has 2 aromatic heterocycles. The first kappa shape index (κ1) is 10.7. The van der Waals surface area contributed by atoms with Gasteiger partial charge in [-0.1, -0.05) is 23.1 Å². The molecule has 9 heteroatoms. The third kappa shape index (κ3) is 2.39. The van der Waals surface area contributed by atoms with Crippen molar-refractivity contribution in [3.05, 3.63) is 9.47 Å². The second-order valence-corrected chi connectivity index (χ2v) is 5.22. The molecule has 6 nitrogen and oxygen atoms in total. The summed E-state index contributed by atoms with van der Waals surface area (Å²) in [6.45, 7) is 0. The van der Waals surface area contributed by atoms with E-state index in [1.165, 1.54) is 23.1 Å². The van der Waals surface area contributed by atoms with Gasteiger partial charge in [-0.15, -0.1) is 20.4 Å². The summed E-state index contributed by atoms with van der Waals surface area (Å²) < 4.78 is 2.16. The molecule has 0 aliphatic rings. The Balaban J connectivity index is 2.02. The summed E-state index contributed by atoms with van der Waals surface area (Å²) in [7, 11) is 1.81. The lowest BCUT2D eigenvalue weighted by Crippen LogP contribution is -1.98. The standard InChI is InChI=1S/C6H7ClN6S2/c1-13-5(8)11-12-6(13)14-2-3-9-10-4(7)15-3/h2H2,1H3,(H2,8,11). The van der Waals surface area contributed by atoms with Crippen LogP contribution in [0.2, 0.25) is 4.47 Å². The van der Waals surface area contributed by atoms with E-state index in [-0.39, 0.29) is 0 Å². The molecule has 2 N–H and O–H groups in total. The van der Waals surface area contributed by atoms with Crippen molar-refractivity contribution in [2.75, 3.05) is 5.73 Å². The third-order valence-electron chi connectivity index (χ3n) is 1.64. The molecule has 0 bridgehead atoms. The highest BCUT2D eigenvalue weighted by atomic mass is 35.5. The van der Waals surface area contributed by atoms with Crippen LogP contribution in [0, 0.1) is 0 Å². The van der Waals surface area contributed by atoms with Crippen LogP contribution in [0.15, 0.2) is 5.16 Å². The molecule has 0 saturated carbocycles. The Morgan fingerprint density at radius 1 is 1.40 bits per heavy atom. The number of nitrogens with zero attached hydrogens (tertiary/aromatic N) is 5. The largest absolute Gasteiger partial charge is 0.368 e. The van der Waals surface area contributed by atoms with E-state index in [0.29, 0.717) is 16.2 Å². The molecule has 0 aliphatic carbocycles. The molecular formula is C6H7ClN6S2. The first-order chi connectivity index (χ1) is 7.16. The maximum atomic E-state index is 5.66. The normalized spacial score (nSPS) is 10.8. The molecule has 0 saturated heterocycles. The van der Waals surface area contributed by atoms with E-state index in [1.54, 1.807) is 4.57 Å². The van der Waals surface area contributed by atoms with Gasteiger partial charge in [-0.3, -0.25) is 4.57 Å². The minimum Gasteiger partial charge on any atom is -0.368 e. The summed E-state index contributed by atoms with van der Waals surface area (Å²) in [5.41, 5.74) is 5.54. The van der Waals surface area contributed by atoms with E-state index < -0.39 is 0 Å². The SMILES string of the molecule is Cn1c(N)nnc1SCc1nnc(Cl)s1. The molecule has 80 valence electrons. The predicted octanol–water partition coefficient (Wildman–Crippen LogP) is 1.19. The number of anilines is 1. The zero-order valence-electron chi connectivity index (χ0n) is 7.71. The molecule has 2 rings (SSSR count). The van der Waals surface area contributed by atoms with Crippen LogP contribution in [0.1, 0.15) is 5.01 Å².